The van der Waals surface area contributed by atoms with Gasteiger partial charge in [-0.3, -0.25) is 4.99 Å². The first kappa shape index (κ1) is 17.3. The first-order valence-corrected chi connectivity index (χ1v) is 8.37. The van der Waals surface area contributed by atoms with Crippen molar-refractivity contribution in [3.05, 3.63) is 12.3 Å². The molecule has 2 atom stereocenters. The zero-order chi connectivity index (χ0) is 15.1. The van der Waals surface area contributed by atoms with Gasteiger partial charge in [0.25, 0.3) is 0 Å². The third kappa shape index (κ3) is 6.11. The van der Waals surface area contributed by atoms with E-state index in [4.69, 9.17) is 0 Å². The second-order valence-corrected chi connectivity index (χ2v) is 7.06. The van der Waals surface area contributed by atoms with Gasteiger partial charge in [-0.2, -0.15) is 0 Å². The minimum Gasteiger partial charge on any atom is -0.386 e. The van der Waals surface area contributed by atoms with E-state index in [0.717, 1.165) is 11.8 Å². The van der Waals surface area contributed by atoms with Gasteiger partial charge in [0.1, 0.15) is 0 Å². The predicted octanol–water partition coefficient (Wildman–Crippen LogP) is 4.95. The first-order valence-electron chi connectivity index (χ1n) is 8.37. The molecule has 2 nitrogen and oxygen atoms in total. The minimum atomic E-state index is 0.619. The monoisotopic (exact) mass is 278 g/mol. The van der Waals surface area contributed by atoms with E-state index in [9.17, 15) is 0 Å². The Bertz CT molecular complexity index is 328. The summed E-state index contributed by atoms with van der Waals surface area (Å²) in [5.41, 5.74) is 2.58. The fourth-order valence-corrected chi connectivity index (χ4v) is 2.90. The standard InChI is InChI=1S/2C9H17N/c2*1-7(2)9-6-4-5-8(3)10-9/h7,9H,4-6H2,1-3H3;7,9-10H,3-6H2,1-2H3. The van der Waals surface area contributed by atoms with Crippen LogP contribution < -0.4 is 5.32 Å². The van der Waals surface area contributed by atoms with E-state index in [1.165, 1.54) is 49.9 Å². The molecular weight excluding hydrogens is 244 g/mol. The van der Waals surface area contributed by atoms with Crippen molar-refractivity contribution in [1.82, 2.24) is 5.32 Å². The number of aliphatic imine (C=N–C) groups is 1. The lowest BCUT2D eigenvalue weighted by atomic mass is 9.94. The lowest BCUT2D eigenvalue weighted by Gasteiger charge is -2.29. The average molecular weight is 278 g/mol. The number of nitrogens with one attached hydrogen (secondary N) is 1. The van der Waals surface area contributed by atoms with Gasteiger partial charge in [0, 0.05) is 17.5 Å². The quantitative estimate of drug-likeness (QED) is 0.759. The fraction of sp³-hybridized carbons (Fsp3) is 0.833. The van der Waals surface area contributed by atoms with Crippen LogP contribution in [0.3, 0.4) is 0 Å². The van der Waals surface area contributed by atoms with Crippen LogP contribution >= 0.6 is 0 Å². The maximum absolute atomic E-state index is 4.60. The van der Waals surface area contributed by atoms with Crippen molar-refractivity contribution >= 4 is 5.71 Å². The van der Waals surface area contributed by atoms with Crippen LogP contribution in [-0.4, -0.2) is 17.8 Å². The number of nitrogens with zero attached hydrogens (tertiary/aromatic N) is 1. The van der Waals surface area contributed by atoms with E-state index in [1.54, 1.807) is 0 Å². The Morgan fingerprint density at radius 1 is 1.05 bits per heavy atom. The van der Waals surface area contributed by atoms with Crippen LogP contribution in [0.15, 0.2) is 17.3 Å². The fourth-order valence-electron chi connectivity index (χ4n) is 2.90. The Morgan fingerprint density at radius 3 is 2.10 bits per heavy atom. The van der Waals surface area contributed by atoms with Gasteiger partial charge in [-0.05, 0) is 57.3 Å². The summed E-state index contributed by atoms with van der Waals surface area (Å²) in [4.78, 5) is 4.60. The van der Waals surface area contributed by atoms with E-state index in [-0.39, 0.29) is 0 Å². The summed E-state index contributed by atoms with van der Waals surface area (Å²) in [6, 6.07) is 1.30. The molecule has 2 aliphatic rings. The van der Waals surface area contributed by atoms with Gasteiger partial charge >= 0.3 is 0 Å². The lowest BCUT2D eigenvalue weighted by molar-refractivity contribution is 0.361. The van der Waals surface area contributed by atoms with Gasteiger partial charge in [0.2, 0.25) is 0 Å². The lowest BCUT2D eigenvalue weighted by Crippen LogP contribution is -2.35. The smallest absolute Gasteiger partial charge is 0.0521 e. The molecule has 0 bridgehead atoms. The molecule has 20 heavy (non-hydrogen) atoms. The molecule has 1 N–H and O–H groups in total. The van der Waals surface area contributed by atoms with E-state index < -0.39 is 0 Å². The SMILES string of the molecule is C=C1CCCC(C(C)C)N1.CC1=NC(C(C)C)CCC1. The second kappa shape index (κ2) is 8.49. The van der Waals surface area contributed by atoms with E-state index >= 15 is 0 Å². The van der Waals surface area contributed by atoms with Crippen molar-refractivity contribution in [2.24, 2.45) is 16.8 Å². The molecule has 2 unspecified atom stereocenters. The van der Waals surface area contributed by atoms with Gasteiger partial charge in [0.05, 0.1) is 6.04 Å². The molecule has 1 saturated heterocycles. The molecule has 0 radical (unpaired) electrons. The number of hydrogen-bond donors (Lipinski definition) is 1. The topological polar surface area (TPSA) is 24.4 Å². The highest BCUT2D eigenvalue weighted by Crippen LogP contribution is 2.19. The highest BCUT2D eigenvalue weighted by Gasteiger charge is 2.17. The van der Waals surface area contributed by atoms with Gasteiger partial charge in [-0.1, -0.05) is 34.3 Å². The molecule has 0 aromatic rings. The van der Waals surface area contributed by atoms with Crippen LogP contribution in [0.1, 0.15) is 73.1 Å². The molecule has 2 aliphatic heterocycles. The molecule has 2 heterocycles. The molecule has 116 valence electrons. The largest absolute Gasteiger partial charge is 0.386 e. The maximum Gasteiger partial charge on any atom is 0.0521 e. The number of allylic oxidation sites excluding steroid dienone is 1. The van der Waals surface area contributed by atoms with Gasteiger partial charge in [0.15, 0.2) is 0 Å². The molecule has 0 aromatic carbocycles. The number of rotatable bonds is 2. The van der Waals surface area contributed by atoms with Crippen molar-refractivity contribution in [3.63, 3.8) is 0 Å². The van der Waals surface area contributed by atoms with E-state index in [0.29, 0.717) is 12.1 Å². The Morgan fingerprint density at radius 2 is 1.70 bits per heavy atom. The van der Waals surface area contributed by atoms with E-state index in [1.807, 2.05) is 0 Å². The minimum absolute atomic E-state index is 0.619. The van der Waals surface area contributed by atoms with Gasteiger partial charge in [-0.15, -0.1) is 0 Å². The summed E-state index contributed by atoms with van der Waals surface area (Å²) in [6.45, 7) is 15.1. The normalized spacial score (nSPS) is 26.8. The third-order valence-electron chi connectivity index (χ3n) is 4.38. The summed E-state index contributed by atoms with van der Waals surface area (Å²) in [7, 11) is 0. The van der Waals surface area contributed by atoms with Crippen molar-refractivity contribution in [1.29, 1.82) is 0 Å². The highest BCUT2D eigenvalue weighted by atomic mass is 14.9. The molecule has 0 aliphatic carbocycles. The van der Waals surface area contributed by atoms with Crippen LogP contribution in [0.5, 0.6) is 0 Å². The maximum atomic E-state index is 4.60. The summed E-state index contributed by atoms with van der Waals surface area (Å²) in [6.07, 6.45) is 7.67. The second-order valence-electron chi connectivity index (χ2n) is 7.06. The summed E-state index contributed by atoms with van der Waals surface area (Å²) >= 11 is 0. The predicted molar refractivity (Wildman–Crippen MR) is 90.3 cm³/mol. The third-order valence-corrected chi connectivity index (χ3v) is 4.38. The zero-order valence-electron chi connectivity index (χ0n) is 14.2. The summed E-state index contributed by atoms with van der Waals surface area (Å²) < 4.78 is 0. The van der Waals surface area contributed by atoms with Crippen LogP contribution in [-0.2, 0) is 0 Å². The van der Waals surface area contributed by atoms with Crippen molar-refractivity contribution < 1.29 is 0 Å². The molecular formula is C18H34N2. The number of piperidine rings is 1. The molecule has 2 rings (SSSR count). The molecule has 0 saturated carbocycles. The Kier molecular flexibility index (Phi) is 7.32. The number of hydrogen-bond acceptors (Lipinski definition) is 2. The zero-order valence-corrected chi connectivity index (χ0v) is 14.2. The molecule has 0 amide bonds. The van der Waals surface area contributed by atoms with Crippen LogP contribution in [0, 0.1) is 11.8 Å². The summed E-state index contributed by atoms with van der Waals surface area (Å²) in [5, 5.41) is 3.42. The highest BCUT2D eigenvalue weighted by molar-refractivity contribution is 5.82. The van der Waals surface area contributed by atoms with Crippen molar-refractivity contribution in [3.8, 4) is 0 Å². The summed E-state index contributed by atoms with van der Waals surface area (Å²) in [5.74, 6) is 1.48. The van der Waals surface area contributed by atoms with E-state index in [2.05, 4.69) is 51.5 Å². The molecule has 0 aromatic heterocycles. The van der Waals surface area contributed by atoms with Crippen LogP contribution in [0.4, 0.5) is 0 Å². The molecule has 2 heteroatoms. The van der Waals surface area contributed by atoms with Gasteiger partial charge < -0.3 is 5.32 Å². The first-order chi connectivity index (χ1) is 9.40. The van der Waals surface area contributed by atoms with Crippen molar-refractivity contribution in [2.75, 3.05) is 0 Å². The molecule has 1 fully saturated rings. The average Bonchev–Trinajstić information content (AvgIpc) is 2.39. The van der Waals surface area contributed by atoms with Crippen LogP contribution in [0.2, 0.25) is 0 Å². The Hall–Kier alpha value is -0.790. The van der Waals surface area contributed by atoms with Gasteiger partial charge in [-0.25, -0.2) is 0 Å². The molecule has 0 spiro atoms. The Labute approximate surface area is 126 Å². The Balaban J connectivity index is 0.000000200. The van der Waals surface area contributed by atoms with Crippen LogP contribution in [0.25, 0.3) is 0 Å². The van der Waals surface area contributed by atoms with Crippen molar-refractivity contribution in [2.45, 2.75) is 85.2 Å².